The zero-order valence-corrected chi connectivity index (χ0v) is 11.6. The smallest absolute Gasteiger partial charge is 0.303 e. The first-order chi connectivity index (χ1) is 8.09. The molecule has 0 aliphatic rings. The van der Waals surface area contributed by atoms with Crippen LogP contribution in [0, 0.1) is 6.92 Å². The SMILES string of the molecule is Cc1cc(NCCCCCC(=O)O)ccc1Br. The van der Waals surface area contributed by atoms with Gasteiger partial charge in [-0.05, 0) is 43.5 Å². The van der Waals surface area contributed by atoms with Gasteiger partial charge in [0.1, 0.15) is 0 Å². The van der Waals surface area contributed by atoms with Gasteiger partial charge in [0, 0.05) is 23.1 Å². The summed E-state index contributed by atoms with van der Waals surface area (Å²) in [6, 6.07) is 6.16. The van der Waals surface area contributed by atoms with Crippen LogP contribution in [0.1, 0.15) is 31.2 Å². The summed E-state index contributed by atoms with van der Waals surface area (Å²) in [5.74, 6) is -0.707. The maximum atomic E-state index is 10.3. The highest BCUT2D eigenvalue weighted by atomic mass is 79.9. The first-order valence-corrected chi connectivity index (χ1v) is 6.60. The van der Waals surface area contributed by atoms with E-state index in [1.54, 1.807) is 0 Å². The zero-order valence-electron chi connectivity index (χ0n) is 10.0. The summed E-state index contributed by atoms with van der Waals surface area (Å²) in [4.78, 5) is 10.3. The molecule has 1 aromatic carbocycles. The second kappa shape index (κ2) is 7.33. The van der Waals surface area contributed by atoms with Gasteiger partial charge in [0.05, 0.1) is 0 Å². The molecule has 1 rings (SSSR count). The van der Waals surface area contributed by atoms with Gasteiger partial charge in [-0.25, -0.2) is 0 Å². The van der Waals surface area contributed by atoms with Crippen molar-refractivity contribution in [3.8, 4) is 0 Å². The highest BCUT2D eigenvalue weighted by molar-refractivity contribution is 9.10. The molecule has 17 heavy (non-hydrogen) atoms. The van der Waals surface area contributed by atoms with Crippen molar-refractivity contribution in [2.45, 2.75) is 32.6 Å². The van der Waals surface area contributed by atoms with Crippen molar-refractivity contribution in [3.63, 3.8) is 0 Å². The van der Waals surface area contributed by atoms with Gasteiger partial charge >= 0.3 is 5.97 Å². The third kappa shape index (κ3) is 5.73. The lowest BCUT2D eigenvalue weighted by Gasteiger charge is -2.07. The molecule has 0 aliphatic carbocycles. The fraction of sp³-hybridized carbons (Fsp3) is 0.462. The number of carboxylic acids is 1. The van der Waals surface area contributed by atoms with E-state index < -0.39 is 5.97 Å². The molecule has 0 aromatic heterocycles. The molecular formula is C13H18BrNO2. The van der Waals surface area contributed by atoms with Crippen molar-refractivity contribution in [2.75, 3.05) is 11.9 Å². The van der Waals surface area contributed by atoms with Crippen molar-refractivity contribution in [1.82, 2.24) is 0 Å². The maximum Gasteiger partial charge on any atom is 0.303 e. The molecule has 0 radical (unpaired) electrons. The van der Waals surface area contributed by atoms with Crippen LogP contribution in [-0.2, 0) is 4.79 Å². The molecule has 3 nitrogen and oxygen atoms in total. The fourth-order valence-electron chi connectivity index (χ4n) is 1.57. The number of unbranched alkanes of at least 4 members (excludes halogenated alkanes) is 2. The third-order valence-corrected chi connectivity index (χ3v) is 3.44. The number of rotatable bonds is 7. The van der Waals surface area contributed by atoms with Crippen molar-refractivity contribution in [3.05, 3.63) is 28.2 Å². The van der Waals surface area contributed by atoms with E-state index >= 15 is 0 Å². The Bertz CT molecular complexity index is 380. The second-order valence-corrected chi connectivity index (χ2v) is 4.95. The molecule has 0 atom stereocenters. The number of carbonyl (C=O) groups is 1. The molecule has 0 unspecified atom stereocenters. The Kier molecular flexibility index (Phi) is 6.05. The predicted octanol–water partition coefficient (Wildman–Crippen LogP) is 3.81. The summed E-state index contributed by atoms with van der Waals surface area (Å²) >= 11 is 3.46. The van der Waals surface area contributed by atoms with Gasteiger partial charge in [0.2, 0.25) is 0 Å². The molecule has 0 aliphatic heterocycles. The lowest BCUT2D eigenvalue weighted by molar-refractivity contribution is -0.137. The number of hydrogen-bond acceptors (Lipinski definition) is 2. The number of halogens is 1. The van der Waals surface area contributed by atoms with Crippen LogP contribution in [-0.4, -0.2) is 17.6 Å². The average Bonchev–Trinajstić information content (AvgIpc) is 2.27. The van der Waals surface area contributed by atoms with Gasteiger partial charge in [-0.1, -0.05) is 22.4 Å². The molecule has 0 fully saturated rings. The van der Waals surface area contributed by atoms with E-state index in [-0.39, 0.29) is 6.42 Å². The van der Waals surface area contributed by atoms with Crippen molar-refractivity contribution in [1.29, 1.82) is 0 Å². The number of benzene rings is 1. The van der Waals surface area contributed by atoms with Gasteiger partial charge in [0.25, 0.3) is 0 Å². The third-order valence-electron chi connectivity index (χ3n) is 2.55. The van der Waals surface area contributed by atoms with E-state index in [0.29, 0.717) is 0 Å². The normalized spacial score (nSPS) is 10.2. The quantitative estimate of drug-likeness (QED) is 0.753. The summed E-state index contributed by atoms with van der Waals surface area (Å²) in [6.45, 7) is 2.95. The standard InChI is InChI=1S/C13H18BrNO2/c1-10-9-11(6-7-12(10)14)15-8-4-2-3-5-13(16)17/h6-7,9,15H,2-5,8H2,1H3,(H,16,17). The van der Waals surface area contributed by atoms with Crippen LogP contribution in [0.5, 0.6) is 0 Å². The lowest BCUT2D eigenvalue weighted by Crippen LogP contribution is -2.02. The summed E-state index contributed by atoms with van der Waals surface area (Å²) in [5.41, 5.74) is 2.32. The predicted molar refractivity (Wildman–Crippen MR) is 73.5 cm³/mol. The molecule has 4 heteroatoms. The van der Waals surface area contributed by atoms with Crippen LogP contribution in [0.25, 0.3) is 0 Å². The summed E-state index contributed by atoms with van der Waals surface area (Å²) in [6.07, 6.45) is 2.99. The molecule has 0 heterocycles. The van der Waals surface area contributed by atoms with Crippen LogP contribution in [0.15, 0.2) is 22.7 Å². The summed E-state index contributed by atoms with van der Waals surface area (Å²) in [5, 5.41) is 11.8. The van der Waals surface area contributed by atoms with Crippen LogP contribution in [0.2, 0.25) is 0 Å². The van der Waals surface area contributed by atoms with E-state index in [4.69, 9.17) is 5.11 Å². The van der Waals surface area contributed by atoms with Crippen LogP contribution in [0.4, 0.5) is 5.69 Å². The summed E-state index contributed by atoms with van der Waals surface area (Å²) in [7, 11) is 0. The second-order valence-electron chi connectivity index (χ2n) is 4.10. The molecule has 2 N–H and O–H groups in total. The van der Waals surface area contributed by atoms with Crippen molar-refractivity contribution in [2.24, 2.45) is 0 Å². The van der Waals surface area contributed by atoms with Gasteiger partial charge in [-0.15, -0.1) is 0 Å². The number of aryl methyl sites for hydroxylation is 1. The number of anilines is 1. The Balaban J connectivity index is 2.18. The first kappa shape index (κ1) is 14.0. The molecule has 1 aromatic rings. The number of aliphatic carboxylic acids is 1. The van der Waals surface area contributed by atoms with Crippen molar-refractivity contribution < 1.29 is 9.90 Å². The zero-order chi connectivity index (χ0) is 12.7. The molecule has 94 valence electrons. The fourth-order valence-corrected chi connectivity index (χ4v) is 1.81. The molecule has 0 saturated heterocycles. The summed E-state index contributed by atoms with van der Waals surface area (Å²) < 4.78 is 1.12. The minimum Gasteiger partial charge on any atom is -0.481 e. The molecule has 0 saturated carbocycles. The number of nitrogens with one attached hydrogen (secondary N) is 1. The average molecular weight is 300 g/mol. The molecule has 0 bridgehead atoms. The lowest BCUT2D eigenvalue weighted by atomic mass is 10.2. The van der Waals surface area contributed by atoms with E-state index in [2.05, 4.69) is 34.2 Å². The van der Waals surface area contributed by atoms with Gasteiger partial charge < -0.3 is 10.4 Å². The largest absolute Gasteiger partial charge is 0.481 e. The molecule has 0 amide bonds. The topological polar surface area (TPSA) is 49.3 Å². The minimum absolute atomic E-state index is 0.275. The van der Waals surface area contributed by atoms with Gasteiger partial charge in [-0.3, -0.25) is 4.79 Å². The van der Waals surface area contributed by atoms with Crippen molar-refractivity contribution >= 4 is 27.6 Å². The van der Waals surface area contributed by atoms with Crippen LogP contribution >= 0.6 is 15.9 Å². The van der Waals surface area contributed by atoms with E-state index in [1.165, 1.54) is 5.56 Å². The Morgan fingerprint density at radius 3 is 2.76 bits per heavy atom. The van der Waals surface area contributed by atoms with E-state index in [0.717, 1.165) is 36.0 Å². The Morgan fingerprint density at radius 2 is 2.12 bits per heavy atom. The van der Waals surface area contributed by atoms with Gasteiger partial charge in [-0.2, -0.15) is 0 Å². The van der Waals surface area contributed by atoms with E-state index in [1.807, 2.05) is 12.1 Å². The Hall–Kier alpha value is -1.03. The molecule has 0 spiro atoms. The highest BCUT2D eigenvalue weighted by Gasteiger charge is 1.98. The molecular weight excluding hydrogens is 282 g/mol. The van der Waals surface area contributed by atoms with Gasteiger partial charge in [0.15, 0.2) is 0 Å². The number of hydrogen-bond donors (Lipinski definition) is 2. The number of carboxylic acid groups (broad SMARTS) is 1. The van der Waals surface area contributed by atoms with E-state index in [9.17, 15) is 4.79 Å². The monoisotopic (exact) mass is 299 g/mol. The first-order valence-electron chi connectivity index (χ1n) is 5.81. The maximum absolute atomic E-state index is 10.3. The van der Waals surface area contributed by atoms with Crippen LogP contribution in [0.3, 0.4) is 0 Å². The van der Waals surface area contributed by atoms with Crippen LogP contribution < -0.4 is 5.32 Å². The Labute approximate surface area is 110 Å². The highest BCUT2D eigenvalue weighted by Crippen LogP contribution is 2.19. The minimum atomic E-state index is -0.707. The Morgan fingerprint density at radius 1 is 1.35 bits per heavy atom.